The van der Waals surface area contributed by atoms with Gasteiger partial charge in [-0.15, -0.1) is 0 Å². The molecule has 0 saturated carbocycles. The smallest absolute Gasteiger partial charge is 0.170 e. The fourth-order valence-corrected chi connectivity index (χ4v) is 5.73. The lowest BCUT2D eigenvalue weighted by atomic mass is 9.96. The molecule has 4 heterocycles. The summed E-state index contributed by atoms with van der Waals surface area (Å²) < 4.78 is 8.94. The van der Waals surface area contributed by atoms with E-state index in [4.69, 9.17) is 21.9 Å². The molecule has 0 unspecified atom stereocenters. The zero-order valence-electron chi connectivity index (χ0n) is 19.6. The van der Waals surface area contributed by atoms with Crippen molar-refractivity contribution < 1.29 is 4.74 Å². The van der Waals surface area contributed by atoms with Crippen LogP contribution < -0.4 is 5.32 Å². The second kappa shape index (κ2) is 10.2. The zero-order chi connectivity index (χ0) is 23.7. The standard InChI is InChI=1S/C26H30BrN5OS/c1-18-17-22(19(2)32(18)21-8-6-20(27)7-9-21)25-24(23-5-3-4-10-28-23)29-26(34)31(25)12-11-30-13-15-33-16-14-30/h3-10,17,24-25H,11-16H2,1-2H3,(H,29,34)/t24-,25-/m1/s1. The van der Waals surface area contributed by atoms with Gasteiger partial charge >= 0.3 is 0 Å². The maximum atomic E-state index is 5.88. The lowest BCUT2D eigenvalue weighted by Crippen LogP contribution is -2.42. The van der Waals surface area contributed by atoms with Crippen LogP contribution in [0.5, 0.6) is 0 Å². The number of pyridine rings is 1. The fraction of sp³-hybridized carbons (Fsp3) is 0.385. The number of aromatic nitrogens is 2. The molecular formula is C26H30BrN5OS. The van der Waals surface area contributed by atoms with Crippen molar-refractivity contribution in [3.8, 4) is 5.69 Å². The van der Waals surface area contributed by atoms with Crippen molar-refractivity contribution in [1.29, 1.82) is 0 Å². The number of halogens is 1. The van der Waals surface area contributed by atoms with Crippen LogP contribution in [-0.2, 0) is 4.74 Å². The Morgan fingerprint density at radius 3 is 2.56 bits per heavy atom. The van der Waals surface area contributed by atoms with Gasteiger partial charge in [-0.2, -0.15) is 0 Å². The van der Waals surface area contributed by atoms with Gasteiger partial charge in [0.05, 0.1) is 31.0 Å². The molecule has 8 heteroatoms. The van der Waals surface area contributed by atoms with Gasteiger partial charge in [0, 0.05) is 53.9 Å². The first-order chi connectivity index (χ1) is 16.5. The third kappa shape index (κ3) is 4.64. The SMILES string of the molecule is Cc1cc([C@@H]2[C@@H](c3ccccn3)NC(=S)N2CCN2CCOCC2)c(C)n1-c1ccc(Br)cc1. The van der Waals surface area contributed by atoms with Gasteiger partial charge in [-0.05, 0) is 74.1 Å². The van der Waals surface area contributed by atoms with Gasteiger partial charge in [0.1, 0.15) is 0 Å². The highest BCUT2D eigenvalue weighted by Crippen LogP contribution is 2.41. The molecule has 2 saturated heterocycles. The number of thiocarbonyl (C=S) groups is 1. The van der Waals surface area contributed by atoms with Crippen LogP contribution in [0.1, 0.15) is 34.7 Å². The van der Waals surface area contributed by atoms with Crippen LogP contribution in [0.15, 0.2) is 59.2 Å². The van der Waals surface area contributed by atoms with E-state index in [1.807, 2.05) is 18.3 Å². The van der Waals surface area contributed by atoms with Gasteiger partial charge in [0.15, 0.2) is 5.11 Å². The number of rotatable bonds is 6. The van der Waals surface area contributed by atoms with Crippen LogP contribution >= 0.6 is 28.1 Å². The van der Waals surface area contributed by atoms with E-state index in [1.165, 1.54) is 17.0 Å². The number of nitrogens with zero attached hydrogens (tertiary/aromatic N) is 4. The van der Waals surface area contributed by atoms with Crippen molar-refractivity contribution in [1.82, 2.24) is 24.7 Å². The number of hydrogen-bond acceptors (Lipinski definition) is 4. The Morgan fingerprint density at radius 2 is 1.85 bits per heavy atom. The molecule has 2 aromatic heterocycles. The Kier molecular flexibility index (Phi) is 7.01. The Morgan fingerprint density at radius 1 is 1.09 bits per heavy atom. The summed E-state index contributed by atoms with van der Waals surface area (Å²) >= 11 is 9.44. The second-order valence-corrected chi connectivity index (χ2v) is 10.2. The van der Waals surface area contributed by atoms with Crippen LogP contribution in [0.3, 0.4) is 0 Å². The molecule has 2 aliphatic rings. The predicted octanol–water partition coefficient (Wildman–Crippen LogP) is 4.56. The first-order valence-electron chi connectivity index (χ1n) is 11.8. The first kappa shape index (κ1) is 23.5. The predicted molar refractivity (Wildman–Crippen MR) is 142 cm³/mol. The summed E-state index contributed by atoms with van der Waals surface area (Å²) in [6.07, 6.45) is 1.86. The number of ether oxygens (including phenoxy) is 1. The van der Waals surface area contributed by atoms with Crippen molar-refractivity contribution in [2.24, 2.45) is 0 Å². The molecule has 178 valence electrons. The zero-order valence-corrected chi connectivity index (χ0v) is 22.0. The molecule has 3 aromatic rings. The Labute approximate surface area is 215 Å². The molecule has 1 N–H and O–H groups in total. The molecule has 0 aliphatic carbocycles. The molecule has 2 atom stereocenters. The number of hydrogen-bond donors (Lipinski definition) is 1. The van der Waals surface area contributed by atoms with Crippen molar-refractivity contribution in [3.05, 3.63) is 81.8 Å². The topological polar surface area (TPSA) is 45.6 Å². The Bertz CT molecular complexity index is 1140. The van der Waals surface area contributed by atoms with E-state index >= 15 is 0 Å². The van der Waals surface area contributed by atoms with Gasteiger partial charge in [-0.3, -0.25) is 9.88 Å². The van der Waals surface area contributed by atoms with E-state index in [2.05, 4.69) is 85.9 Å². The molecule has 0 spiro atoms. The summed E-state index contributed by atoms with van der Waals surface area (Å²) in [7, 11) is 0. The Hall–Kier alpha value is -2.26. The largest absolute Gasteiger partial charge is 0.379 e. The van der Waals surface area contributed by atoms with E-state index in [0.29, 0.717) is 0 Å². The van der Waals surface area contributed by atoms with Gasteiger partial charge in [-0.25, -0.2) is 0 Å². The molecule has 0 amide bonds. The average Bonchev–Trinajstić information content (AvgIpc) is 3.34. The van der Waals surface area contributed by atoms with Crippen molar-refractivity contribution in [3.63, 3.8) is 0 Å². The summed E-state index contributed by atoms with van der Waals surface area (Å²) in [5.41, 5.74) is 5.89. The molecule has 6 nitrogen and oxygen atoms in total. The van der Waals surface area contributed by atoms with E-state index in [1.54, 1.807) is 0 Å². The van der Waals surface area contributed by atoms with Crippen LogP contribution in [0.4, 0.5) is 0 Å². The molecular weight excluding hydrogens is 510 g/mol. The minimum atomic E-state index is -0.00254. The van der Waals surface area contributed by atoms with Gasteiger partial charge < -0.3 is 19.5 Å². The molecule has 0 radical (unpaired) electrons. The third-order valence-electron chi connectivity index (χ3n) is 6.83. The molecule has 0 bridgehead atoms. The lowest BCUT2D eigenvalue weighted by Gasteiger charge is -2.32. The summed E-state index contributed by atoms with van der Waals surface area (Å²) in [5.74, 6) is 0. The van der Waals surface area contributed by atoms with Crippen molar-refractivity contribution in [2.45, 2.75) is 25.9 Å². The maximum Gasteiger partial charge on any atom is 0.170 e. The number of benzene rings is 1. The number of nitrogens with one attached hydrogen (secondary N) is 1. The molecule has 1 aromatic carbocycles. The van der Waals surface area contributed by atoms with E-state index in [0.717, 1.165) is 60.4 Å². The minimum Gasteiger partial charge on any atom is -0.379 e. The van der Waals surface area contributed by atoms with Gasteiger partial charge in [0.25, 0.3) is 0 Å². The first-order valence-corrected chi connectivity index (χ1v) is 13.0. The number of morpholine rings is 1. The molecule has 2 aliphatic heterocycles. The minimum absolute atomic E-state index is 0.00254. The van der Waals surface area contributed by atoms with Crippen LogP contribution in [0, 0.1) is 13.8 Å². The van der Waals surface area contributed by atoms with E-state index < -0.39 is 0 Å². The highest BCUT2D eigenvalue weighted by Gasteiger charge is 2.41. The molecule has 5 rings (SSSR count). The van der Waals surface area contributed by atoms with E-state index in [9.17, 15) is 0 Å². The maximum absolute atomic E-state index is 5.88. The lowest BCUT2D eigenvalue weighted by molar-refractivity contribution is 0.0350. The van der Waals surface area contributed by atoms with Gasteiger partial charge in [0.2, 0.25) is 0 Å². The summed E-state index contributed by atoms with van der Waals surface area (Å²) in [4.78, 5) is 9.51. The summed E-state index contributed by atoms with van der Waals surface area (Å²) in [5, 5.41) is 4.39. The normalized spacial score (nSPS) is 21.1. The summed E-state index contributed by atoms with van der Waals surface area (Å²) in [6, 6.07) is 17.0. The second-order valence-electron chi connectivity index (χ2n) is 8.91. The monoisotopic (exact) mass is 539 g/mol. The van der Waals surface area contributed by atoms with E-state index in [-0.39, 0.29) is 12.1 Å². The van der Waals surface area contributed by atoms with Crippen molar-refractivity contribution in [2.75, 3.05) is 39.4 Å². The average molecular weight is 541 g/mol. The third-order valence-corrected chi connectivity index (χ3v) is 7.71. The highest BCUT2D eigenvalue weighted by molar-refractivity contribution is 9.10. The highest BCUT2D eigenvalue weighted by atomic mass is 79.9. The van der Waals surface area contributed by atoms with Crippen LogP contribution in [0.2, 0.25) is 0 Å². The molecule has 34 heavy (non-hydrogen) atoms. The quantitative estimate of drug-likeness (QED) is 0.463. The Balaban J connectivity index is 1.52. The van der Waals surface area contributed by atoms with Crippen LogP contribution in [-0.4, -0.2) is 63.9 Å². The number of aryl methyl sites for hydroxylation is 1. The summed E-state index contributed by atoms with van der Waals surface area (Å²) in [6.45, 7) is 9.76. The fourth-order valence-electron chi connectivity index (χ4n) is 5.13. The van der Waals surface area contributed by atoms with Crippen LogP contribution in [0.25, 0.3) is 5.69 Å². The molecule has 2 fully saturated rings. The van der Waals surface area contributed by atoms with Gasteiger partial charge in [-0.1, -0.05) is 22.0 Å². The van der Waals surface area contributed by atoms with Crippen molar-refractivity contribution >= 4 is 33.3 Å².